The van der Waals surface area contributed by atoms with Crippen LogP contribution in [0.4, 0.5) is 0 Å². The number of ether oxygens (including phenoxy) is 2. The first kappa shape index (κ1) is 23.8. The summed E-state index contributed by atoms with van der Waals surface area (Å²) in [6.45, 7) is 7.61. The van der Waals surface area contributed by atoms with Gasteiger partial charge in [-0.3, -0.25) is 9.59 Å². The van der Waals surface area contributed by atoms with E-state index in [1.807, 2.05) is 0 Å². The second-order valence-corrected chi connectivity index (χ2v) is 8.57. The normalized spacial score (nSPS) is 20.8. The maximum absolute atomic E-state index is 13.7. The van der Waals surface area contributed by atoms with Gasteiger partial charge < -0.3 is 33.8 Å². The summed E-state index contributed by atoms with van der Waals surface area (Å²) < 4.78 is 15.7. The number of aromatic nitrogens is 1. The highest BCUT2D eigenvalue weighted by Crippen LogP contribution is 2.40. The summed E-state index contributed by atoms with van der Waals surface area (Å²) in [5.41, 5.74) is 0.950. The minimum atomic E-state index is -0.919. The van der Waals surface area contributed by atoms with E-state index in [0.717, 1.165) is 19.6 Å². The zero-order valence-electron chi connectivity index (χ0n) is 19.6. The number of furan rings is 1. The van der Waals surface area contributed by atoms with Crippen LogP contribution < -0.4 is 10.0 Å². The predicted molar refractivity (Wildman–Crippen MR) is 118 cm³/mol. The number of H-pyrrole nitrogens is 1. The van der Waals surface area contributed by atoms with Crippen LogP contribution in [0.15, 0.2) is 28.4 Å². The molecule has 182 valence electrons. The van der Waals surface area contributed by atoms with E-state index in [2.05, 4.69) is 4.98 Å². The Bertz CT molecular complexity index is 1110. The van der Waals surface area contributed by atoms with Gasteiger partial charge in [-0.05, 0) is 37.1 Å². The molecule has 10 nitrogen and oxygen atoms in total. The minimum absolute atomic E-state index is 0.139. The zero-order valence-corrected chi connectivity index (χ0v) is 19.6. The molecule has 0 spiro atoms. The van der Waals surface area contributed by atoms with Gasteiger partial charge in [-0.1, -0.05) is 5.76 Å². The van der Waals surface area contributed by atoms with Gasteiger partial charge in [-0.25, -0.2) is 4.79 Å². The number of nitrogens with one attached hydrogen (secondary N) is 2. The second kappa shape index (κ2) is 9.86. The lowest BCUT2D eigenvalue weighted by Crippen LogP contribution is -3.14. The number of hydrogen-bond donors (Lipinski definition) is 2. The van der Waals surface area contributed by atoms with Crippen LogP contribution in [0.5, 0.6) is 0 Å². The van der Waals surface area contributed by atoms with Crippen molar-refractivity contribution in [3.63, 3.8) is 0 Å². The van der Waals surface area contributed by atoms with Gasteiger partial charge >= 0.3 is 5.97 Å². The molecule has 0 radical (unpaired) electrons. The summed E-state index contributed by atoms with van der Waals surface area (Å²) in [6, 6.07) is 2.39. The number of rotatable bonds is 7. The summed E-state index contributed by atoms with van der Waals surface area (Å²) in [5.74, 6) is -2.43. The second-order valence-electron chi connectivity index (χ2n) is 8.57. The molecule has 2 fully saturated rings. The monoisotopic (exact) mass is 471 g/mol. The summed E-state index contributed by atoms with van der Waals surface area (Å²) in [7, 11) is 1.25. The molecule has 2 aromatic heterocycles. The maximum atomic E-state index is 13.7. The number of aromatic amines is 1. The number of Topliss-reactive ketones (excluding diaryl/α,β-unsaturated/α-hetero) is 1. The SMILES string of the molecule is COC(=O)c1[nH]c(C)c(C([O-])=C2C(=O)C(=O)N(CCC[NH+]3CCOCC3)C2c2ccco2)c1C. The highest BCUT2D eigenvalue weighted by atomic mass is 16.5. The quantitative estimate of drug-likeness (QED) is 0.242. The van der Waals surface area contributed by atoms with Crippen LogP contribution in [0.25, 0.3) is 5.76 Å². The molecule has 2 aromatic rings. The molecular weight excluding hydrogens is 442 g/mol. The van der Waals surface area contributed by atoms with E-state index in [1.54, 1.807) is 26.0 Å². The zero-order chi connectivity index (χ0) is 24.4. The van der Waals surface area contributed by atoms with E-state index >= 15 is 0 Å². The van der Waals surface area contributed by atoms with Crippen molar-refractivity contribution < 1.29 is 38.3 Å². The molecule has 1 atom stereocenters. The van der Waals surface area contributed by atoms with Crippen LogP contribution in [0.1, 0.15) is 45.5 Å². The van der Waals surface area contributed by atoms with Crippen LogP contribution in [0, 0.1) is 13.8 Å². The Kier molecular flexibility index (Phi) is 6.90. The molecule has 34 heavy (non-hydrogen) atoms. The molecule has 4 heterocycles. The van der Waals surface area contributed by atoms with Crippen molar-refractivity contribution in [1.29, 1.82) is 0 Å². The van der Waals surface area contributed by atoms with E-state index in [0.29, 0.717) is 43.2 Å². The highest BCUT2D eigenvalue weighted by Gasteiger charge is 2.45. The predicted octanol–water partition coefficient (Wildman–Crippen LogP) is -0.460. The van der Waals surface area contributed by atoms with Gasteiger partial charge in [0.25, 0.3) is 5.91 Å². The van der Waals surface area contributed by atoms with E-state index in [1.165, 1.54) is 23.2 Å². The van der Waals surface area contributed by atoms with Crippen LogP contribution in [-0.2, 0) is 19.1 Å². The number of carbonyl (C=O) groups is 3. The van der Waals surface area contributed by atoms with Crippen LogP contribution in [-0.4, -0.2) is 74.0 Å². The largest absolute Gasteiger partial charge is 0.872 e. The lowest BCUT2D eigenvalue weighted by atomic mass is 9.97. The van der Waals surface area contributed by atoms with Crippen molar-refractivity contribution in [2.75, 3.05) is 46.5 Å². The lowest BCUT2D eigenvalue weighted by Gasteiger charge is -2.27. The fourth-order valence-corrected chi connectivity index (χ4v) is 4.78. The molecular formula is C24H29N3O7. The van der Waals surface area contributed by atoms with Crippen LogP contribution >= 0.6 is 0 Å². The molecule has 1 amide bonds. The van der Waals surface area contributed by atoms with Gasteiger partial charge in [0.15, 0.2) is 0 Å². The number of esters is 1. The van der Waals surface area contributed by atoms with Crippen molar-refractivity contribution in [3.8, 4) is 0 Å². The van der Waals surface area contributed by atoms with Crippen LogP contribution in [0.2, 0.25) is 0 Å². The molecule has 1 unspecified atom stereocenters. The molecule has 2 N–H and O–H groups in total. The fraction of sp³-hybridized carbons (Fsp3) is 0.458. The summed E-state index contributed by atoms with van der Waals surface area (Å²) in [5, 5.41) is 13.7. The third kappa shape index (κ3) is 4.26. The number of methoxy groups -OCH3 is 1. The number of quaternary nitrogens is 1. The number of nitrogens with zero attached hydrogens (tertiary/aromatic N) is 1. The van der Waals surface area contributed by atoms with E-state index in [4.69, 9.17) is 13.9 Å². The number of carbonyl (C=O) groups excluding carboxylic acids is 3. The van der Waals surface area contributed by atoms with Crippen molar-refractivity contribution in [1.82, 2.24) is 9.88 Å². The Morgan fingerprint density at radius 1 is 1.29 bits per heavy atom. The third-order valence-corrected chi connectivity index (χ3v) is 6.53. The summed E-state index contributed by atoms with van der Waals surface area (Å²) in [6.07, 6.45) is 2.12. The Hall–Kier alpha value is -3.37. The average molecular weight is 472 g/mol. The maximum Gasteiger partial charge on any atom is 0.354 e. The molecule has 2 aliphatic rings. The molecule has 0 aromatic carbocycles. The number of aryl methyl sites for hydroxylation is 1. The number of likely N-dealkylation sites (tertiary alicyclic amines) is 1. The van der Waals surface area contributed by atoms with E-state index < -0.39 is 29.5 Å². The van der Waals surface area contributed by atoms with Gasteiger partial charge in [-0.2, -0.15) is 0 Å². The molecule has 0 bridgehead atoms. The van der Waals surface area contributed by atoms with Gasteiger partial charge in [-0.15, -0.1) is 0 Å². The van der Waals surface area contributed by atoms with Gasteiger partial charge in [0.05, 0.1) is 33.1 Å². The van der Waals surface area contributed by atoms with Crippen LogP contribution in [0.3, 0.4) is 0 Å². The standard InChI is InChI=1S/C24H29N3O7/c1-14-17(15(2)25-19(14)24(31)32-3)21(28)18-20(16-6-4-11-34-16)27(23(30)22(18)29)8-5-7-26-9-12-33-13-10-26/h4,6,11,20,25,28H,5,7-10,12-13H2,1-3H3. The molecule has 0 aliphatic carbocycles. The molecule has 2 saturated heterocycles. The topological polar surface area (TPSA) is 129 Å². The van der Waals surface area contributed by atoms with Gasteiger partial charge in [0.2, 0.25) is 5.78 Å². The Balaban J connectivity index is 1.69. The minimum Gasteiger partial charge on any atom is -0.872 e. The highest BCUT2D eigenvalue weighted by molar-refractivity contribution is 6.46. The smallest absolute Gasteiger partial charge is 0.354 e. The van der Waals surface area contributed by atoms with Crippen molar-refractivity contribution >= 4 is 23.4 Å². The Morgan fingerprint density at radius 3 is 2.68 bits per heavy atom. The van der Waals surface area contributed by atoms with Crippen molar-refractivity contribution in [2.24, 2.45) is 0 Å². The fourth-order valence-electron chi connectivity index (χ4n) is 4.78. The number of amides is 1. The molecule has 2 aliphatic heterocycles. The summed E-state index contributed by atoms with van der Waals surface area (Å²) >= 11 is 0. The van der Waals surface area contributed by atoms with Crippen molar-refractivity contribution in [2.45, 2.75) is 26.3 Å². The van der Waals surface area contributed by atoms with Crippen molar-refractivity contribution in [3.05, 3.63) is 52.2 Å². The lowest BCUT2D eigenvalue weighted by molar-refractivity contribution is -0.908. The molecule has 0 saturated carbocycles. The number of morpholine rings is 1. The molecule has 4 rings (SSSR count). The number of hydrogen-bond acceptors (Lipinski definition) is 7. The van der Waals surface area contributed by atoms with E-state index in [9.17, 15) is 19.5 Å². The summed E-state index contributed by atoms with van der Waals surface area (Å²) in [4.78, 5) is 43.9. The average Bonchev–Trinajstić information content (AvgIpc) is 3.53. The first-order valence-electron chi connectivity index (χ1n) is 11.3. The van der Waals surface area contributed by atoms with Gasteiger partial charge in [0.1, 0.15) is 30.6 Å². The molecule has 10 heteroatoms. The number of ketones is 1. The third-order valence-electron chi connectivity index (χ3n) is 6.53. The first-order valence-corrected chi connectivity index (χ1v) is 11.3. The Labute approximate surface area is 197 Å². The Morgan fingerprint density at radius 2 is 2.03 bits per heavy atom. The van der Waals surface area contributed by atoms with E-state index in [-0.39, 0.29) is 16.8 Å². The first-order chi connectivity index (χ1) is 16.3. The van der Waals surface area contributed by atoms with Gasteiger partial charge in [0, 0.05) is 24.2 Å².